The van der Waals surface area contributed by atoms with Crippen LogP contribution in [-0.4, -0.2) is 11.9 Å². The third kappa shape index (κ3) is 5.53. The maximum absolute atomic E-state index is 11.5. The van der Waals surface area contributed by atoms with Crippen LogP contribution < -0.4 is 5.32 Å². The fourth-order valence-corrected chi connectivity index (χ4v) is 2.48. The SMILES string of the molecule is CCC(C)NC(=O)CCCC1CCCCC1. The fraction of sp³-hybridized carbons (Fsp3) is 0.929. The van der Waals surface area contributed by atoms with Gasteiger partial charge in [0.2, 0.25) is 5.91 Å². The molecule has 1 amide bonds. The van der Waals surface area contributed by atoms with E-state index in [2.05, 4.69) is 19.2 Å². The molecule has 16 heavy (non-hydrogen) atoms. The number of hydrogen-bond acceptors (Lipinski definition) is 1. The second-order valence-corrected chi connectivity index (χ2v) is 5.27. The van der Waals surface area contributed by atoms with Crippen LogP contribution in [0.1, 0.15) is 71.6 Å². The molecule has 0 aromatic carbocycles. The third-order valence-electron chi connectivity index (χ3n) is 3.76. The quantitative estimate of drug-likeness (QED) is 0.734. The Hall–Kier alpha value is -0.530. The molecule has 1 unspecified atom stereocenters. The molecule has 0 aromatic heterocycles. The fourth-order valence-electron chi connectivity index (χ4n) is 2.48. The molecule has 1 rings (SSSR count). The van der Waals surface area contributed by atoms with Crippen LogP contribution in [0.3, 0.4) is 0 Å². The van der Waals surface area contributed by atoms with Crippen LogP contribution >= 0.6 is 0 Å². The Balaban J connectivity index is 2.03. The van der Waals surface area contributed by atoms with Crippen LogP contribution in [-0.2, 0) is 4.79 Å². The van der Waals surface area contributed by atoms with E-state index in [1.54, 1.807) is 0 Å². The van der Waals surface area contributed by atoms with Crippen molar-refractivity contribution in [1.29, 1.82) is 0 Å². The maximum atomic E-state index is 11.5. The highest BCUT2D eigenvalue weighted by molar-refractivity contribution is 5.76. The molecular weight excluding hydrogens is 198 g/mol. The van der Waals surface area contributed by atoms with Crippen molar-refractivity contribution in [3.63, 3.8) is 0 Å². The zero-order valence-corrected chi connectivity index (χ0v) is 10.9. The first-order valence-electron chi connectivity index (χ1n) is 7.01. The summed E-state index contributed by atoms with van der Waals surface area (Å²) in [7, 11) is 0. The highest BCUT2D eigenvalue weighted by atomic mass is 16.1. The van der Waals surface area contributed by atoms with Crippen LogP contribution in [0.25, 0.3) is 0 Å². The van der Waals surface area contributed by atoms with Crippen molar-refractivity contribution in [3.05, 3.63) is 0 Å². The molecule has 1 aliphatic rings. The number of nitrogens with one attached hydrogen (secondary N) is 1. The summed E-state index contributed by atoms with van der Waals surface area (Å²) in [5.41, 5.74) is 0. The van der Waals surface area contributed by atoms with E-state index in [0.717, 1.165) is 25.2 Å². The lowest BCUT2D eigenvalue weighted by atomic mass is 9.86. The number of rotatable bonds is 6. The van der Waals surface area contributed by atoms with Crippen molar-refractivity contribution in [3.8, 4) is 0 Å². The van der Waals surface area contributed by atoms with Crippen LogP contribution in [0.2, 0.25) is 0 Å². The molecule has 2 nitrogen and oxygen atoms in total. The summed E-state index contributed by atoms with van der Waals surface area (Å²) in [6, 6.07) is 0.335. The van der Waals surface area contributed by atoms with E-state index >= 15 is 0 Å². The van der Waals surface area contributed by atoms with Crippen molar-refractivity contribution in [1.82, 2.24) is 5.32 Å². The first kappa shape index (κ1) is 13.5. The first-order valence-corrected chi connectivity index (χ1v) is 7.01. The molecule has 0 aliphatic heterocycles. The lowest BCUT2D eigenvalue weighted by Gasteiger charge is -2.21. The standard InChI is InChI=1S/C14H27NO/c1-3-12(2)15-14(16)11-7-10-13-8-5-4-6-9-13/h12-13H,3-11H2,1-2H3,(H,15,16). The highest BCUT2D eigenvalue weighted by Gasteiger charge is 2.13. The lowest BCUT2D eigenvalue weighted by Crippen LogP contribution is -2.31. The molecule has 2 heteroatoms. The topological polar surface area (TPSA) is 29.1 Å². The minimum absolute atomic E-state index is 0.241. The van der Waals surface area contributed by atoms with E-state index < -0.39 is 0 Å². The zero-order valence-electron chi connectivity index (χ0n) is 10.9. The molecule has 0 radical (unpaired) electrons. The smallest absolute Gasteiger partial charge is 0.220 e. The van der Waals surface area contributed by atoms with E-state index in [-0.39, 0.29) is 5.91 Å². The van der Waals surface area contributed by atoms with Gasteiger partial charge in [0.25, 0.3) is 0 Å². The van der Waals surface area contributed by atoms with Gasteiger partial charge in [-0.15, -0.1) is 0 Å². The van der Waals surface area contributed by atoms with E-state index in [1.807, 2.05) is 0 Å². The van der Waals surface area contributed by atoms with Gasteiger partial charge in [-0.1, -0.05) is 39.0 Å². The molecule has 1 atom stereocenters. The third-order valence-corrected chi connectivity index (χ3v) is 3.76. The number of carbonyl (C=O) groups is 1. The van der Waals surface area contributed by atoms with Gasteiger partial charge < -0.3 is 5.32 Å². The van der Waals surface area contributed by atoms with Gasteiger partial charge in [0.05, 0.1) is 0 Å². The van der Waals surface area contributed by atoms with Crippen LogP contribution in [0.15, 0.2) is 0 Å². The van der Waals surface area contributed by atoms with Crippen molar-refractivity contribution in [2.75, 3.05) is 0 Å². The summed E-state index contributed by atoms with van der Waals surface area (Å²) in [6.07, 6.45) is 11.1. The number of amides is 1. The molecule has 1 aliphatic carbocycles. The van der Waals surface area contributed by atoms with Gasteiger partial charge in [-0.05, 0) is 32.1 Å². The van der Waals surface area contributed by atoms with Gasteiger partial charge in [0.15, 0.2) is 0 Å². The van der Waals surface area contributed by atoms with Crippen molar-refractivity contribution in [2.45, 2.75) is 77.7 Å². The summed E-state index contributed by atoms with van der Waals surface area (Å²) in [6.45, 7) is 4.17. The summed E-state index contributed by atoms with van der Waals surface area (Å²) in [5, 5.41) is 3.03. The molecule has 0 aromatic rings. The second kappa shape index (κ2) is 7.70. The monoisotopic (exact) mass is 225 g/mol. The minimum Gasteiger partial charge on any atom is -0.354 e. The summed E-state index contributed by atoms with van der Waals surface area (Å²) >= 11 is 0. The average Bonchev–Trinajstić information content (AvgIpc) is 2.30. The Bertz CT molecular complexity index is 197. The average molecular weight is 225 g/mol. The molecule has 0 heterocycles. The van der Waals surface area contributed by atoms with E-state index in [1.165, 1.54) is 38.5 Å². The Morgan fingerprint density at radius 2 is 2.00 bits per heavy atom. The second-order valence-electron chi connectivity index (χ2n) is 5.27. The molecule has 0 saturated heterocycles. The molecular formula is C14H27NO. The van der Waals surface area contributed by atoms with Gasteiger partial charge in [-0.25, -0.2) is 0 Å². The van der Waals surface area contributed by atoms with Gasteiger partial charge >= 0.3 is 0 Å². The van der Waals surface area contributed by atoms with E-state index in [0.29, 0.717) is 6.04 Å². The number of hydrogen-bond donors (Lipinski definition) is 1. The summed E-state index contributed by atoms with van der Waals surface area (Å²) in [4.78, 5) is 11.5. The van der Waals surface area contributed by atoms with Crippen LogP contribution in [0.5, 0.6) is 0 Å². The highest BCUT2D eigenvalue weighted by Crippen LogP contribution is 2.27. The van der Waals surface area contributed by atoms with Gasteiger partial charge in [-0.2, -0.15) is 0 Å². The van der Waals surface area contributed by atoms with Crippen LogP contribution in [0.4, 0.5) is 0 Å². The summed E-state index contributed by atoms with van der Waals surface area (Å²) < 4.78 is 0. The van der Waals surface area contributed by atoms with Crippen molar-refractivity contribution >= 4 is 5.91 Å². The lowest BCUT2D eigenvalue weighted by molar-refractivity contribution is -0.121. The molecule has 0 bridgehead atoms. The Kier molecular flexibility index (Phi) is 6.51. The predicted octanol–water partition coefficient (Wildman–Crippen LogP) is 3.65. The molecule has 1 saturated carbocycles. The summed E-state index contributed by atoms with van der Waals surface area (Å²) in [5.74, 6) is 1.15. The van der Waals surface area contributed by atoms with Crippen molar-refractivity contribution < 1.29 is 4.79 Å². The Morgan fingerprint density at radius 3 is 2.62 bits per heavy atom. The predicted molar refractivity (Wildman–Crippen MR) is 68.3 cm³/mol. The van der Waals surface area contributed by atoms with Gasteiger partial charge in [-0.3, -0.25) is 4.79 Å². The van der Waals surface area contributed by atoms with Crippen LogP contribution in [0, 0.1) is 5.92 Å². The van der Waals surface area contributed by atoms with E-state index in [9.17, 15) is 4.79 Å². The number of carbonyl (C=O) groups excluding carboxylic acids is 1. The Morgan fingerprint density at radius 1 is 1.31 bits per heavy atom. The first-order chi connectivity index (χ1) is 7.72. The molecule has 0 spiro atoms. The Labute approximate surface area is 100 Å². The molecule has 1 N–H and O–H groups in total. The van der Waals surface area contributed by atoms with Gasteiger partial charge in [0.1, 0.15) is 0 Å². The normalized spacial score (nSPS) is 19.4. The maximum Gasteiger partial charge on any atom is 0.220 e. The molecule has 1 fully saturated rings. The van der Waals surface area contributed by atoms with E-state index in [4.69, 9.17) is 0 Å². The molecule has 94 valence electrons. The minimum atomic E-state index is 0.241. The van der Waals surface area contributed by atoms with Gasteiger partial charge in [0, 0.05) is 12.5 Å². The zero-order chi connectivity index (χ0) is 11.8. The largest absolute Gasteiger partial charge is 0.354 e. The van der Waals surface area contributed by atoms with Crippen molar-refractivity contribution in [2.24, 2.45) is 5.92 Å².